The first kappa shape index (κ1) is 11.7. The van der Waals surface area contributed by atoms with E-state index in [0.29, 0.717) is 18.2 Å². The predicted molar refractivity (Wildman–Crippen MR) is 67.7 cm³/mol. The minimum atomic E-state index is -3.51. The number of fused-ring (bicyclic) bond motifs is 1. The molecule has 0 saturated heterocycles. The van der Waals surface area contributed by atoms with Gasteiger partial charge in [0.1, 0.15) is 4.90 Å². The van der Waals surface area contributed by atoms with Crippen LogP contribution in [0.3, 0.4) is 0 Å². The summed E-state index contributed by atoms with van der Waals surface area (Å²) in [6, 6.07) is 6.80. The fourth-order valence-corrected chi connectivity index (χ4v) is 2.90. The largest absolute Gasteiger partial charge is 0.314 e. The molecule has 0 amide bonds. The van der Waals surface area contributed by atoms with E-state index in [0.717, 1.165) is 0 Å². The van der Waals surface area contributed by atoms with Gasteiger partial charge in [0.05, 0.1) is 12.2 Å². The van der Waals surface area contributed by atoms with Gasteiger partial charge >= 0.3 is 0 Å². The van der Waals surface area contributed by atoms with Gasteiger partial charge in [0.25, 0.3) is 10.0 Å². The maximum Gasteiger partial charge on any atom is 0.266 e. The van der Waals surface area contributed by atoms with Crippen LogP contribution in [0.15, 0.2) is 46.8 Å². The molecule has 0 bridgehead atoms. The third-order valence-electron chi connectivity index (χ3n) is 2.43. The van der Waals surface area contributed by atoms with Crippen molar-refractivity contribution in [3.05, 3.63) is 36.9 Å². The highest BCUT2D eigenvalue weighted by atomic mass is 32.2. The van der Waals surface area contributed by atoms with Crippen LogP contribution in [0.5, 0.6) is 0 Å². The maximum absolute atomic E-state index is 11.9. The van der Waals surface area contributed by atoms with Gasteiger partial charge in [0, 0.05) is 7.05 Å². The van der Waals surface area contributed by atoms with Crippen molar-refractivity contribution in [1.29, 1.82) is 0 Å². The Labute approximate surface area is 101 Å². The first-order chi connectivity index (χ1) is 8.06. The van der Waals surface area contributed by atoms with E-state index in [2.05, 4.69) is 16.3 Å². The van der Waals surface area contributed by atoms with Crippen LogP contribution in [-0.2, 0) is 10.0 Å². The number of guanidine groups is 1. The third kappa shape index (κ3) is 2.03. The molecule has 90 valence electrons. The Morgan fingerprint density at radius 2 is 2.18 bits per heavy atom. The molecule has 1 N–H and O–H groups in total. The Bertz CT molecular complexity index is 578. The molecule has 1 aliphatic heterocycles. The fourth-order valence-electron chi connectivity index (χ4n) is 1.61. The van der Waals surface area contributed by atoms with Crippen molar-refractivity contribution in [2.75, 3.05) is 18.5 Å². The maximum atomic E-state index is 11.9. The van der Waals surface area contributed by atoms with E-state index in [1.807, 2.05) is 0 Å². The average molecular weight is 251 g/mol. The summed E-state index contributed by atoms with van der Waals surface area (Å²) in [6.07, 6.45) is 1.61. The lowest BCUT2D eigenvalue weighted by molar-refractivity contribution is 0.590. The van der Waals surface area contributed by atoms with E-state index >= 15 is 0 Å². The van der Waals surface area contributed by atoms with Gasteiger partial charge in [-0.2, -0.15) is 0 Å². The molecule has 17 heavy (non-hydrogen) atoms. The molecular formula is C11H13N3O2S. The molecular weight excluding hydrogens is 238 g/mol. The lowest BCUT2D eigenvalue weighted by Gasteiger charge is -2.29. The molecule has 6 heteroatoms. The monoisotopic (exact) mass is 251 g/mol. The van der Waals surface area contributed by atoms with Crippen LogP contribution >= 0.6 is 0 Å². The summed E-state index contributed by atoms with van der Waals surface area (Å²) in [4.78, 5) is 6.08. The predicted octanol–water partition coefficient (Wildman–Crippen LogP) is 0.957. The number of para-hydroxylation sites is 1. The van der Waals surface area contributed by atoms with Crippen LogP contribution in [0, 0.1) is 0 Å². The molecule has 0 fully saturated rings. The van der Waals surface area contributed by atoms with Crippen molar-refractivity contribution in [2.24, 2.45) is 4.99 Å². The van der Waals surface area contributed by atoms with Crippen molar-refractivity contribution < 1.29 is 8.42 Å². The van der Waals surface area contributed by atoms with Crippen molar-refractivity contribution in [3.8, 4) is 0 Å². The van der Waals surface area contributed by atoms with Gasteiger partial charge in [0.2, 0.25) is 5.96 Å². The number of nitrogens with one attached hydrogen (secondary N) is 1. The van der Waals surface area contributed by atoms with Crippen LogP contribution < -0.4 is 9.62 Å². The van der Waals surface area contributed by atoms with Crippen molar-refractivity contribution >= 4 is 21.7 Å². The zero-order valence-corrected chi connectivity index (χ0v) is 10.2. The molecule has 1 aromatic rings. The van der Waals surface area contributed by atoms with E-state index in [9.17, 15) is 8.42 Å². The summed E-state index contributed by atoms with van der Waals surface area (Å²) in [5.41, 5.74) is 0.620. The highest BCUT2D eigenvalue weighted by Gasteiger charge is 2.29. The average Bonchev–Trinajstić information content (AvgIpc) is 2.32. The second-order valence-corrected chi connectivity index (χ2v) is 5.24. The zero-order chi connectivity index (χ0) is 12.5. The van der Waals surface area contributed by atoms with Crippen molar-refractivity contribution in [1.82, 2.24) is 4.72 Å². The van der Waals surface area contributed by atoms with E-state index in [1.165, 1.54) is 0 Å². The van der Waals surface area contributed by atoms with E-state index in [-0.39, 0.29) is 4.90 Å². The summed E-state index contributed by atoms with van der Waals surface area (Å²) in [5.74, 6) is 0.309. The van der Waals surface area contributed by atoms with Gasteiger partial charge in [-0.1, -0.05) is 18.2 Å². The molecule has 0 radical (unpaired) electrons. The summed E-state index contributed by atoms with van der Waals surface area (Å²) in [6.45, 7) is 3.91. The molecule has 0 unspecified atom stereocenters. The molecule has 0 aliphatic carbocycles. The van der Waals surface area contributed by atoms with Gasteiger partial charge in [-0.05, 0) is 12.1 Å². The highest BCUT2D eigenvalue weighted by molar-refractivity contribution is 7.90. The van der Waals surface area contributed by atoms with Crippen molar-refractivity contribution in [3.63, 3.8) is 0 Å². The Hall–Kier alpha value is -1.82. The standard InChI is InChI=1S/C11H13N3O2S/c1-3-8-12-11-13-17(15,16)10-7-5-4-6-9(10)14(11)2/h3-7H,1,8H2,2H3,(H,12,13). The van der Waals surface area contributed by atoms with Gasteiger partial charge in [-0.15, -0.1) is 6.58 Å². The number of nitrogens with zero attached hydrogens (tertiary/aromatic N) is 2. The number of anilines is 1. The van der Waals surface area contributed by atoms with Crippen LogP contribution in [0.25, 0.3) is 0 Å². The number of sulfonamides is 1. The fraction of sp³-hybridized carbons (Fsp3) is 0.182. The quantitative estimate of drug-likeness (QED) is 0.796. The number of benzene rings is 1. The Morgan fingerprint density at radius 1 is 1.47 bits per heavy atom. The van der Waals surface area contributed by atoms with Gasteiger partial charge in [-0.3, -0.25) is 0 Å². The first-order valence-corrected chi connectivity index (χ1v) is 6.55. The molecule has 0 saturated carbocycles. The molecule has 2 rings (SSSR count). The van der Waals surface area contributed by atoms with Crippen molar-refractivity contribution in [2.45, 2.75) is 4.90 Å². The molecule has 1 heterocycles. The minimum Gasteiger partial charge on any atom is -0.314 e. The lowest BCUT2D eigenvalue weighted by Crippen LogP contribution is -2.47. The second-order valence-electron chi connectivity index (χ2n) is 3.59. The van der Waals surface area contributed by atoms with Gasteiger partial charge in [0.15, 0.2) is 0 Å². The molecule has 0 aromatic heterocycles. The van der Waals surface area contributed by atoms with E-state index in [1.54, 1.807) is 42.3 Å². The Balaban J connectivity index is 2.55. The number of aliphatic imine (C=N–C) groups is 1. The topological polar surface area (TPSA) is 61.8 Å². The SMILES string of the molecule is C=CCN=C1NS(=O)(=O)c2ccccc2N1C. The molecule has 5 nitrogen and oxygen atoms in total. The highest BCUT2D eigenvalue weighted by Crippen LogP contribution is 2.27. The van der Waals surface area contributed by atoms with E-state index < -0.39 is 10.0 Å². The van der Waals surface area contributed by atoms with Crippen LogP contribution in [-0.4, -0.2) is 28.0 Å². The molecule has 1 aromatic carbocycles. The van der Waals surface area contributed by atoms with Crippen LogP contribution in [0.4, 0.5) is 5.69 Å². The third-order valence-corrected chi connectivity index (χ3v) is 3.81. The van der Waals surface area contributed by atoms with E-state index in [4.69, 9.17) is 0 Å². The minimum absolute atomic E-state index is 0.264. The molecule has 1 aliphatic rings. The Kier molecular flexibility index (Phi) is 2.89. The van der Waals surface area contributed by atoms with Gasteiger partial charge in [-0.25, -0.2) is 18.1 Å². The molecule has 0 atom stereocenters. The second kappa shape index (κ2) is 4.21. The van der Waals surface area contributed by atoms with Gasteiger partial charge < -0.3 is 4.90 Å². The Morgan fingerprint density at radius 3 is 2.88 bits per heavy atom. The van der Waals surface area contributed by atoms with Crippen LogP contribution in [0.1, 0.15) is 0 Å². The van der Waals surface area contributed by atoms with Crippen LogP contribution in [0.2, 0.25) is 0 Å². The smallest absolute Gasteiger partial charge is 0.266 e. The lowest BCUT2D eigenvalue weighted by atomic mass is 10.3. The number of hydrogen-bond acceptors (Lipinski definition) is 3. The zero-order valence-electron chi connectivity index (χ0n) is 9.42. The number of rotatable bonds is 2. The summed E-state index contributed by atoms with van der Waals surface area (Å²) >= 11 is 0. The molecule has 0 spiro atoms. The first-order valence-electron chi connectivity index (χ1n) is 5.07. The summed E-state index contributed by atoms with van der Waals surface area (Å²) in [5, 5.41) is 0. The number of hydrogen-bond donors (Lipinski definition) is 1. The summed E-state index contributed by atoms with van der Waals surface area (Å²) in [7, 11) is -1.75. The normalized spacial score (nSPS) is 19.6. The summed E-state index contributed by atoms with van der Waals surface area (Å²) < 4.78 is 26.3.